The highest BCUT2D eigenvalue weighted by molar-refractivity contribution is 6.30. The van der Waals surface area contributed by atoms with Gasteiger partial charge in [-0.15, -0.1) is 0 Å². The second kappa shape index (κ2) is 8.73. The van der Waals surface area contributed by atoms with Gasteiger partial charge < -0.3 is 19.2 Å². The second-order valence-electron chi connectivity index (χ2n) is 6.78. The molecule has 4 rings (SSSR count). The zero-order valence-corrected chi connectivity index (χ0v) is 17.5. The van der Waals surface area contributed by atoms with E-state index < -0.39 is 5.97 Å². The third kappa shape index (κ3) is 3.97. The van der Waals surface area contributed by atoms with Crippen molar-refractivity contribution in [2.24, 2.45) is 0 Å². The smallest absolute Gasteiger partial charge is 0.357 e. The van der Waals surface area contributed by atoms with Gasteiger partial charge in [-0.2, -0.15) is 0 Å². The van der Waals surface area contributed by atoms with Crippen LogP contribution in [0.3, 0.4) is 0 Å². The molecule has 0 bridgehead atoms. The van der Waals surface area contributed by atoms with Gasteiger partial charge in [0.2, 0.25) is 0 Å². The number of aromatic amines is 1. The van der Waals surface area contributed by atoms with Crippen molar-refractivity contribution in [1.82, 2.24) is 9.97 Å². The molecule has 1 N–H and O–H groups in total. The minimum absolute atomic E-state index is 0.235. The number of esters is 1. The Morgan fingerprint density at radius 1 is 1.13 bits per heavy atom. The Labute approximate surface area is 178 Å². The molecule has 2 aromatic heterocycles. The first-order valence-corrected chi connectivity index (χ1v) is 9.95. The molecule has 0 radical (unpaired) electrons. The Kier molecular flexibility index (Phi) is 5.88. The summed E-state index contributed by atoms with van der Waals surface area (Å²) in [6.45, 7) is 2.68. The van der Waals surface area contributed by atoms with Gasteiger partial charge in [0.1, 0.15) is 12.4 Å². The number of methoxy groups -OCH3 is 1. The van der Waals surface area contributed by atoms with Crippen LogP contribution < -0.4 is 4.74 Å². The number of nitrogens with zero attached hydrogens (tertiary/aromatic N) is 1. The van der Waals surface area contributed by atoms with E-state index in [0.29, 0.717) is 22.9 Å². The second-order valence-corrected chi connectivity index (χ2v) is 7.21. The van der Waals surface area contributed by atoms with E-state index in [1.165, 1.54) is 0 Å². The summed E-state index contributed by atoms with van der Waals surface area (Å²) in [6, 6.07) is 13.4. The van der Waals surface area contributed by atoms with E-state index in [1.807, 2.05) is 42.5 Å². The number of rotatable bonds is 7. The molecule has 7 heteroatoms. The molecule has 30 heavy (non-hydrogen) atoms. The number of ether oxygens (including phenoxy) is 3. The molecule has 0 amide bonds. The number of hydrogen-bond acceptors (Lipinski definition) is 5. The lowest BCUT2D eigenvalue weighted by Gasteiger charge is -2.10. The van der Waals surface area contributed by atoms with Crippen molar-refractivity contribution < 1.29 is 19.0 Å². The molecule has 4 aromatic rings. The Morgan fingerprint density at radius 2 is 2.00 bits per heavy atom. The number of hydrogen-bond donors (Lipinski definition) is 1. The molecule has 0 aliphatic rings. The number of halogens is 1. The van der Waals surface area contributed by atoms with E-state index in [0.717, 1.165) is 27.4 Å². The summed E-state index contributed by atoms with van der Waals surface area (Å²) in [5, 5.41) is 2.47. The molecule has 154 valence electrons. The zero-order chi connectivity index (χ0) is 21.1. The van der Waals surface area contributed by atoms with Gasteiger partial charge in [-0.05, 0) is 42.8 Å². The summed E-state index contributed by atoms with van der Waals surface area (Å²) in [5.74, 6) is 0.246. The topological polar surface area (TPSA) is 73.4 Å². The number of H-pyrrole nitrogens is 1. The van der Waals surface area contributed by atoms with Crippen molar-refractivity contribution in [3.8, 4) is 5.75 Å². The number of aromatic nitrogens is 2. The molecule has 0 saturated heterocycles. The first kappa shape index (κ1) is 20.2. The molecule has 0 atom stereocenters. The number of pyridine rings is 1. The van der Waals surface area contributed by atoms with Crippen molar-refractivity contribution >= 4 is 39.4 Å². The van der Waals surface area contributed by atoms with Crippen LogP contribution in [0.15, 0.2) is 48.7 Å². The molecule has 2 aromatic carbocycles. The molecular weight excluding hydrogens is 404 g/mol. The molecule has 0 spiro atoms. The maximum absolute atomic E-state index is 12.4. The van der Waals surface area contributed by atoms with E-state index in [2.05, 4.69) is 9.97 Å². The predicted molar refractivity (Wildman–Crippen MR) is 116 cm³/mol. The van der Waals surface area contributed by atoms with Gasteiger partial charge in [-0.1, -0.05) is 23.7 Å². The maximum Gasteiger partial charge on any atom is 0.357 e. The van der Waals surface area contributed by atoms with Gasteiger partial charge in [0.05, 0.1) is 24.9 Å². The molecule has 2 heterocycles. The fourth-order valence-corrected chi connectivity index (χ4v) is 3.70. The van der Waals surface area contributed by atoms with Gasteiger partial charge in [0.25, 0.3) is 0 Å². The average molecular weight is 425 g/mol. The van der Waals surface area contributed by atoms with Gasteiger partial charge in [-0.3, -0.25) is 0 Å². The SMILES string of the molecule is CCOC(=O)c1ncc2[nH]c3ccc(OCc4cccc(Cl)c4)cc3c2c1COC. The lowest BCUT2D eigenvalue weighted by atomic mass is 10.1. The summed E-state index contributed by atoms with van der Waals surface area (Å²) in [6.07, 6.45) is 1.65. The van der Waals surface area contributed by atoms with E-state index in [9.17, 15) is 4.79 Å². The third-order valence-corrected chi connectivity index (χ3v) is 5.00. The van der Waals surface area contributed by atoms with Crippen molar-refractivity contribution in [2.45, 2.75) is 20.1 Å². The third-order valence-electron chi connectivity index (χ3n) is 4.76. The summed E-state index contributed by atoms with van der Waals surface area (Å²) >= 11 is 6.05. The van der Waals surface area contributed by atoms with Crippen LogP contribution in [0.1, 0.15) is 28.5 Å². The largest absolute Gasteiger partial charge is 0.489 e. The van der Waals surface area contributed by atoms with Crippen molar-refractivity contribution in [1.29, 1.82) is 0 Å². The zero-order valence-electron chi connectivity index (χ0n) is 16.7. The van der Waals surface area contributed by atoms with Crippen molar-refractivity contribution in [3.05, 3.63) is 70.5 Å². The highest BCUT2D eigenvalue weighted by atomic mass is 35.5. The molecule has 6 nitrogen and oxygen atoms in total. The molecule has 0 aliphatic heterocycles. The summed E-state index contributed by atoms with van der Waals surface area (Å²) < 4.78 is 16.5. The standard InChI is InChI=1S/C23H21ClN2O4/c1-3-29-23(27)22-18(13-28-2)21-17-10-16(7-8-19(17)26-20(21)11-25-22)30-12-14-5-4-6-15(24)9-14/h4-11,26H,3,12-13H2,1-2H3. The fraction of sp³-hybridized carbons (Fsp3) is 0.217. The Balaban J connectivity index is 1.76. The lowest BCUT2D eigenvalue weighted by Crippen LogP contribution is -2.11. The van der Waals surface area contributed by atoms with Crippen molar-refractivity contribution in [2.75, 3.05) is 13.7 Å². The van der Waals surface area contributed by atoms with Crippen LogP contribution in [-0.4, -0.2) is 29.7 Å². The van der Waals surface area contributed by atoms with Gasteiger partial charge in [0, 0.05) is 34.0 Å². The molecule has 0 aliphatic carbocycles. The molecule has 0 saturated carbocycles. The number of carbonyl (C=O) groups is 1. The molecule has 0 fully saturated rings. The van der Waals surface area contributed by atoms with Crippen LogP contribution in [0.2, 0.25) is 5.02 Å². The maximum atomic E-state index is 12.4. The first-order chi connectivity index (χ1) is 14.6. The molecular formula is C23H21ClN2O4. The molecule has 0 unspecified atom stereocenters. The van der Waals surface area contributed by atoms with Crippen LogP contribution in [0.4, 0.5) is 0 Å². The summed E-state index contributed by atoms with van der Waals surface area (Å²) in [4.78, 5) is 20.1. The normalized spacial score (nSPS) is 11.2. The van der Waals surface area contributed by atoms with Crippen LogP contribution in [0.5, 0.6) is 5.75 Å². The highest BCUT2D eigenvalue weighted by Gasteiger charge is 2.20. The fourth-order valence-electron chi connectivity index (χ4n) is 3.48. The minimum Gasteiger partial charge on any atom is -0.489 e. The minimum atomic E-state index is -0.464. The van der Waals surface area contributed by atoms with E-state index >= 15 is 0 Å². The van der Waals surface area contributed by atoms with Crippen LogP contribution in [0, 0.1) is 0 Å². The number of fused-ring (bicyclic) bond motifs is 3. The summed E-state index contributed by atoms with van der Waals surface area (Å²) in [7, 11) is 1.59. The highest BCUT2D eigenvalue weighted by Crippen LogP contribution is 2.33. The van der Waals surface area contributed by atoms with Crippen molar-refractivity contribution in [3.63, 3.8) is 0 Å². The quantitative estimate of drug-likeness (QED) is 0.409. The monoisotopic (exact) mass is 424 g/mol. The average Bonchev–Trinajstić information content (AvgIpc) is 3.11. The Morgan fingerprint density at radius 3 is 2.77 bits per heavy atom. The Hall–Kier alpha value is -3.09. The van der Waals surface area contributed by atoms with E-state index in [4.69, 9.17) is 25.8 Å². The van der Waals surface area contributed by atoms with Crippen LogP contribution >= 0.6 is 11.6 Å². The first-order valence-electron chi connectivity index (χ1n) is 9.57. The lowest BCUT2D eigenvalue weighted by molar-refractivity contribution is 0.0514. The number of benzene rings is 2. The van der Waals surface area contributed by atoms with Gasteiger partial charge in [-0.25, -0.2) is 9.78 Å². The van der Waals surface area contributed by atoms with E-state index in [-0.39, 0.29) is 18.9 Å². The number of nitrogens with one attached hydrogen (secondary N) is 1. The van der Waals surface area contributed by atoms with Gasteiger partial charge in [0.15, 0.2) is 5.69 Å². The van der Waals surface area contributed by atoms with Crippen LogP contribution in [0.25, 0.3) is 21.8 Å². The van der Waals surface area contributed by atoms with Crippen LogP contribution in [-0.2, 0) is 22.7 Å². The number of carbonyl (C=O) groups excluding carboxylic acids is 1. The van der Waals surface area contributed by atoms with Gasteiger partial charge >= 0.3 is 5.97 Å². The van der Waals surface area contributed by atoms with E-state index in [1.54, 1.807) is 20.2 Å². The summed E-state index contributed by atoms with van der Waals surface area (Å²) in [5.41, 5.74) is 3.66. The predicted octanol–water partition coefficient (Wildman–Crippen LogP) is 5.27. The Bertz CT molecular complexity index is 1220.